The van der Waals surface area contributed by atoms with Gasteiger partial charge in [-0.1, -0.05) is 0 Å². The van der Waals surface area contributed by atoms with Crippen molar-refractivity contribution in [1.82, 2.24) is 5.06 Å². The van der Waals surface area contributed by atoms with Crippen molar-refractivity contribution < 1.29 is 19.5 Å². The molecule has 0 aromatic heterocycles. The van der Waals surface area contributed by atoms with Crippen LogP contribution in [0.4, 0.5) is 0 Å². The van der Waals surface area contributed by atoms with Crippen molar-refractivity contribution in [2.24, 2.45) is 0 Å². The van der Waals surface area contributed by atoms with Crippen LogP contribution in [0.2, 0.25) is 0 Å². The Hall–Kier alpha value is -0.750. The van der Waals surface area contributed by atoms with Crippen LogP contribution in [0.15, 0.2) is 0 Å². The van der Waals surface area contributed by atoms with Crippen LogP contribution in [-0.2, 0) is 14.4 Å². The van der Waals surface area contributed by atoms with Gasteiger partial charge in [0.25, 0.3) is 5.91 Å². The van der Waals surface area contributed by atoms with E-state index in [1.165, 1.54) is 5.06 Å². The van der Waals surface area contributed by atoms with E-state index in [-0.39, 0.29) is 17.4 Å². The number of hydrogen-bond acceptors (Lipinski definition) is 4. The zero-order chi connectivity index (χ0) is 9.68. The molecule has 0 bridgehead atoms. The number of rotatable bonds is 4. The van der Waals surface area contributed by atoms with Gasteiger partial charge in [0.15, 0.2) is 0 Å². The highest BCUT2D eigenvalue weighted by molar-refractivity contribution is 8.00. The molecule has 0 aromatic rings. The van der Waals surface area contributed by atoms with Crippen LogP contribution < -0.4 is 0 Å². The number of amides is 1. The van der Waals surface area contributed by atoms with E-state index in [2.05, 4.69) is 0 Å². The van der Waals surface area contributed by atoms with Gasteiger partial charge in [-0.25, -0.2) is 5.06 Å². The first-order chi connectivity index (χ1) is 6.20. The molecule has 1 aliphatic rings. The topological polar surface area (TPSA) is 66.8 Å². The summed E-state index contributed by atoms with van der Waals surface area (Å²) in [6.07, 6.45) is 0.856. The second-order valence-electron chi connectivity index (χ2n) is 2.57. The third-order valence-electron chi connectivity index (χ3n) is 1.48. The van der Waals surface area contributed by atoms with Crippen molar-refractivity contribution in [3.63, 3.8) is 0 Å². The first-order valence-electron chi connectivity index (χ1n) is 3.93. The third-order valence-corrected chi connectivity index (χ3v) is 2.38. The summed E-state index contributed by atoms with van der Waals surface area (Å²) in [5.41, 5.74) is 0. The van der Waals surface area contributed by atoms with E-state index in [0.717, 1.165) is 18.2 Å². The van der Waals surface area contributed by atoms with Crippen LogP contribution in [0, 0.1) is 0 Å². The van der Waals surface area contributed by atoms with E-state index >= 15 is 0 Å². The number of carboxylic acid groups (broad SMARTS) is 1. The molecule has 0 radical (unpaired) electrons. The highest BCUT2D eigenvalue weighted by atomic mass is 32.2. The average Bonchev–Trinajstić information content (AvgIpc) is 2.55. The van der Waals surface area contributed by atoms with E-state index in [1.54, 1.807) is 0 Å². The van der Waals surface area contributed by atoms with Gasteiger partial charge in [0, 0.05) is 0 Å². The number of carbonyl (C=O) groups is 2. The molecule has 1 saturated heterocycles. The largest absolute Gasteiger partial charge is 0.481 e. The summed E-state index contributed by atoms with van der Waals surface area (Å²) in [4.78, 5) is 26.3. The van der Waals surface area contributed by atoms with Gasteiger partial charge in [0.2, 0.25) is 0 Å². The summed E-state index contributed by atoms with van der Waals surface area (Å²) in [6.45, 7) is 1.20. The van der Waals surface area contributed by atoms with Gasteiger partial charge in [-0.15, -0.1) is 11.8 Å². The van der Waals surface area contributed by atoms with Gasteiger partial charge in [-0.05, 0) is 6.42 Å². The average molecular weight is 205 g/mol. The Kier molecular flexibility index (Phi) is 4.04. The molecule has 1 rings (SSSR count). The highest BCUT2D eigenvalue weighted by Crippen LogP contribution is 2.08. The molecule has 74 valence electrons. The standard InChI is InChI=1S/C7H11NO4S/c9-6(4-13-5-7(10)11)8-2-1-3-12-8/h1-5H2,(H,10,11). The lowest BCUT2D eigenvalue weighted by molar-refractivity contribution is -0.165. The number of carboxylic acids is 1. The van der Waals surface area contributed by atoms with E-state index in [4.69, 9.17) is 9.94 Å². The minimum absolute atomic E-state index is 0.0421. The lowest BCUT2D eigenvalue weighted by atomic mass is 10.5. The second-order valence-corrected chi connectivity index (χ2v) is 3.55. The SMILES string of the molecule is O=C(O)CSCC(=O)N1CCCO1. The molecule has 1 N–H and O–H groups in total. The molecule has 0 aromatic carbocycles. The van der Waals surface area contributed by atoms with Crippen LogP contribution in [0.25, 0.3) is 0 Å². The smallest absolute Gasteiger partial charge is 0.313 e. The van der Waals surface area contributed by atoms with Crippen LogP contribution >= 0.6 is 11.8 Å². The normalized spacial score (nSPS) is 16.2. The molecule has 1 fully saturated rings. The van der Waals surface area contributed by atoms with Crippen LogP contribution in [0.5, 0.6) is 0 Å². The molecule has 13 heavy (non-hydrogen) atoms. The Morgan fingerprint density at radius 1 is 1.46 bits per heavy atom. The lowest BCUT2D eigenvalue weighted by Gasteiger charge is -2.12. The van der Waals surface area contributed by atoms with Gasteiger partial charge in [-0.2, -0.15) is 0 Å². The maximum absolute atomic E-state index is 11.2. The Morgan fingerprint density at radius 3 is 2.77 bits per heavy atom. The van der Waals surface area contributed by atoms with Gasteiger partial charge in [-0.3, -0.25) is 14.4 Å². The highest BCUT2D eigenvalue weighted by Gasteiger charge is 2.18. The Morgan fingerprint density at radius 2 is 2.23 bits per heavy atom. The van der Waals surface area contributed by atoms with Crippen LogP contribution in [0.3, 0.4) is 0 Å². The van der Waals surface area contributed by atoms with Crippen molar-refractivity contribution in [3.8, 4) is 0 Å². The van der Waals surface area contributed by atoms with Crippen molar-refractivity contribution in [3.05, 3.63) is 0 Å². The van der Waals surface area contributed by atoms with Gasteiger partial charge >= 0.3 is 5.97 Å². The number of hydrogen-bond donors (Lipinski definition) is 1. The minimum atomic E-state index is -0.903. The number of thioether (sulfide) groups is 1. The quantitative estimate of drug-likeness (QED) is 0.698. The molecule has 1 heterocycles. The maximum atomic E-state index is 11.2. The first kappa shape index (κ1) is 10.3. The zero-order valence-electron chi connectivity index (χ0n) is 7.06. The fourth-order valence-corrected chi connectivity index (χ4v) is 1.54. The summed E-state index contributed by atoms with van der Waals surface area (Å²) in [5, 5.41) is 9.62. The maximum Gasteiger partial charge on any atom is 0.313 e. The van der Waals surface area contributed by atoms with E-state index in [1.807, 2.05) is 0 Å². The molecule has 6 heteroatoms. The van der Waals surface area contributed by atoms with Gasteiger partial charge in [0.05, 0.1) is 24.7 Å². The van der Waals surface area contributed by atoms with Gasteiger partial charge < -0.3 is 5.11 Å². The summed E-state index contributed by atoms with van der Waals surface area (Å²) in [5.74, 6) is -0.921. The zero-order valence-corrected chi connectivity index (χ0v) is 7.88. The molecule has 0 aliphatic carbocycles. The Bertz CT molecular complexity index is 203. The van der Waals surface area contributed by atoms with Crippen molar-refractivity contribution in [1.29, 1.82) is 0 Å². The fraction of sp³-hybridized carbons (Fsp3) is 0.714. The predicted octanol–water partition coefficient (Wildman–Crippen LogP) is -0.0319. The van der Waals surface area contributed by atoms with E-state index in [9.17, 15) is 9.59 Å². The molecule has 0 spiro atoms. The molecule has 5 nitrogen and oxygen atoms in total. The van der Waals surface area contributed by atoms with Crippen molar-refractivity contribution >= 4 is 23.6 Å². The van der Waals surface area contributed by atoms with Crippen LogP contribution in [-0.4, -0.2) is 46.7 Å². The number of nitrogens with zero attached hydrogens (tertiary/aromatic N) is 1. The summed E-state index contributed by atoms with van der Waals surface area (Å²) < 4.78 is 0. The predicted molar refractivity (Wildman–Crippen MR) is 47.2 cm³/mol. The summed E-state index contributed by atoms with van der Waals surface area (Å²) in [7, 11) is 0. The number of carbonyl (C=O) groups excluding carboxylic acids is 1. The fourth-order valence-electron chi connectivity index (χ4n) is 0.942. The molecular weight excluding hydrogens is 194 g/mol. The molecule has 0 saturated carbocycles. The minimum Gasteiger partial charge on any atom is -0.481 e. The summed E-state index contributed by atoms with van der Waals surface area (Å²) >= 11 is 1.09. The molecule has 0 atom stereocenters. The monoisotopic (exact) mass is 205 g/mol. The lowest BCUT2D eigenvalue weighted by Crippen LogP contribution is -2.28. The molecule has 0 unspecified atom stereocenters. The molecule has 1 amide bonds. The van der Waals surface area contributed by atoms with Crippen molar-refractivity contribution in [2.75, 3.05) is 24.7 Å². The first-order valence-corrected chi connectivity index (χ1v) is 5.08. The Balaban J connectivity index is 2.13. The number of hydroxylamine groups is 2. The second kappa shape index (κ2) is 5.08. The van der Waals surface area contributed by atoms with Gasteiger partial charge in [0.1, 0.15) is 0 Å². The summed E-state index contributed by atoms with van der Waals surface area (Å²) in [6, 6.07) is 0. The van der Waals surface area contributed by atoms with E-state index < -0.39 is 5.97 Å². The third kappa shape index (κ3) is 3.65. The number of aliphatic carboxylic acids is 1. The van der Waals surface area contributed by atoms with E-state index in [0.29, 0.717) is 13.2 Å². The molecular formula is C7H11NO4S. The van der Waals surface area contributed by atoms with Crippen LogP contribution in [0.1, 0.15) is 6.42 Å². The Labute approximate surface area is 80.0 Å². The van der Waals surface area contributed by atoms with Crippen molar-refractivity contribution in [2.45, 2.75) is 6.42 Å². The molecule has 1 aliphatic heterocycles.